The Kier molecular flexibility index (Phi) is 9.13. The van der Waals surface area contributed by atoms with Gasteiger partial charge in [-0.3, -0.25) is 0 Å². The van der Waals surface area contributed by atoms with Gasteiger partial charge in [-0.1, -0.05) is 58.3 Å². The van der Waals surface area contributed by atoms with Crippen LogP contribution in [0.1, 0.15) is 71.1 Å². The number of hydrogen-bond acceptors (Lipinski definition) is 1. The summed E-state index contributed by atoms with van der Waals surface area (Å²) in [6.45, 7) is 3.29. The van der Waals surface area contributed by atoms with Crippen LogP contribution < -0.4 is 4.57 Å². The molecule has 0 spiro atoms. The van der Waals surface area contributed by atoms with E-state index in [2.05, 4.69) is 11.5 Å². The van der Waals surface area contributed by atoms with Crippen LogP contribution in [-0.4, -0.2) is 5.11 Å². The van der Waals surface area contributed by atoms with Gasteiger partial charge in [0.2, 0.25) is 6.20 Å². The highest BCUT2D eigenvalue weighted by atomic mass is 16.3. The molecule has 0 fully saturated rings. The van der Waals surface area contributed by atoms with Gasteiger partial charge in [0.25, 0.3) is 0 Å². The molecule has 0 atom stereocenters. The first-order valence-corrected chi connectivity index (χ1v) is 8.01. The molecule has 0 bridgehead atoms. The van der Waals surface area contributed by atoms with E-state index >= 15 is 0 Å². The van der Waals surface area contributed by atoms with Gasteiger partial charge in [-0.15, -0.1) is 0 Å². The number of aromatic hydroxyl groups is 1. The lowest BCUT2D eigenvalue weighted by atomic mass is 10.1. The van der Waals surface area contributed by atoms with Crippen LogP contribution in [-0.2, 0) is 6.54 Å². The van der Waals surface area contributed by atoms with Crippen molar-refractivity contribution in [2.45, 2.75) is 77.7 Å². The van der Waals surface area contributed by atoms with Crippen molar-refractivity contribution in [3.05, 3.63) is 24.5 Å². The minimum absolute atomic E-state index is 0.356. The molecule has 0 radical (unpaired) electrons. The third-order valence-corrected chi connectivity index (χ3v) is 3.61. The predicted octanol–water partition coefficient (Wildman–Crippen LogP) is 4.60. The van der Waals surface area contributed by atoms with Crippen LogP contribution in [0.3, 0.4) is 0 Å². The average Bonchev–Trinajstić information content (AvgIpc) is 2.41. The molecule has 108 valence electrons. The number of nitrogens with zero attached hydrogens (tertiary/aromatic N) is 1. The minimum atomic E-state index is 0.356. The average molecular weight is 264 g/mol. The highest BCUT2D eigenvalue weighted by Crippen LogP contribution is 2.10. The number of hydrogen-bond donors (Lipinski definition) is 1. The highest BCUT2D eigenvalue weighted by Gasteiger charge is 2.00. The fourth-order valence-electron chi connectivity index (χ4n) is 2.43. The molecule has 0 aliphatic rings. The van der Waals surface area contributed by atoms with E-state index in [4.69, 9.17) is 0 Å². The van der Waals surface area contributed by atoms with Crippen molar-refractivity contribution in [1.29, 1.82) is 0 Å². The molecule has 0 aromatic carbocycles. The lowest BCUT2D eigenvalue weighted by molar-refractivity contribution is -0.697. The Bertz CT molecular complexity index is 325. The summed E-state index contributed by atoms with van der Waals surface area (Å²) in [5.74, 6) is 0.356. The Morgan fingerprint density at radius 1 is 0.895 bits per heavy atom. The smallest absolute Gasteiger partial charge is 0.210 e. The second kappa shape index (κ2) is 10.8. The molecule has 0 saturated carbocycles. The van der Waals surface area contributed by atoms with E-state index in [0.717, 1.165) is 6.54 Å². The van der Waals surface area contributed by atoms with Gasteiger partial charge in [-0.05, 0) is 12.5 Å². The van der Waals surface area contributed by atoms with Gasteiger partial charge in [0.05, 0.1) is 0 Å². The van der Waals surface area contributed by atoms with Crippen molar-refractivity contribution in [3.63, 3.8) is 0 Å². The molecule has 0 aliphatic heterocycles. The molecule has 2 heteroatoms. The zero-order chi connectivity index (χ0) is 13.8. The fraction of sp³-hybridized carbons (Fsp3) is 0.706. The second-order valence-electron chi connectivity index (χ2n) is 5.48. The standard InChI is InChI=1S/C17H29NO/c1-2-3-4-5-6-7-8-9-10-11-14-18-15-12-13-17(19)16-18/h12-13,15-16H,2-11,14H2,1H3/p+1. The topological polar surface area (TPSA) is 24.1 Å². The Morgan fingerprint density at radius 2 is 1.47 bits per heavy atom. The first-order chi connectivity index (χ1) is 9.33. The van der Waals surface area contributed by atoms with Gasteiger partial charge in [0, 0.05) is 12.5 Å². The molecule has 0 amide bonds. The summed E-state index contributed by atoms with van der Waals surface area (Å²) < 4.78 is 2.07. The quantitative estimate of drug-likeness (QED) is 0.458. The largest absolute Gasteiger partial charge is 0.503 e. The van der Waals surface area contributed by atoms with Crippen molar-refractivity contribution < 1.29 is 9.67 Å². The second-order valence-corrected chi connectivity index (χ2v) is 5.48. The normalized spacial score (nSPS) is 10.8. The van der Waals surface area contributed by atoms with Crippen LogP contribution in [0.5, 0.6) is 5.75 Å². The number of pyridine rings is 1. The molecule has 1 rings (SSSR count). The molecule has 0 unspecified atom stereocenters. The van der Waals surface area contributed by atoms with Crippen LogP contribution in [0.15, 0.2) is 24.5 Å². The predicted molar refractivity (Wildman–Crippen MR) is 80.1 cm³/mol. The first kappa shape index (κ1) is 16.0. The van der Waals surface area contributed by atoms with Crippen LogP contribution in [0.2, 0.25) is 0 Å². The number of rotatable bonds is 11. The lowest BCUT2D eigenvalue weighted by Gasteiger charge is -2.01. The van der Waals surface area contributed by atoms with E-state index in [1.54, 1.807) is 12.3 Å². The van der Waals surface area contributed by atoms with Crippen molar-refractivity contribution in [1.82, 2.24) is 0 Å². The van der Waals surface area contributed by atoms with Crippen LogP contribution in [0.4, 0.5) is 0 Å². The third kappa shape index (κ3) is 8.63. The molecule has 1 N–H and O–H groups in total. The zero-order valence-corrected chi connectivity index (χ0v) is 12.5. The summed E-state index contributed by atoms with van der Waals surface area (Å²) in [6, 6.07) is 3.61. The monoisotopic (exact) mass is 264 g/mol. The highest BCUT2D eigenvalue weighted by molar-refractivity contribution is 5.09. The Morgan fingerprint density at radius 3 is 2.05 bits per heavy atom. The van der Waals surface area contributed by atoms with Crippen molar-refractivity contribution >= 4 is 0 Å². The molecule has 19 heavy (non-hydrogen) atoms. The molecular weight excluding hydrogens is 234 g/mol. The Balaban J connectivity index is 1.89. The van der Waals surface area contributed by atoms with Crippen LogP contribution >= 0.6 is 0 Å². The maximum Gasteiger partial charge on any atom is 0.210 e. The van der Waals surface area contributed by atoms with Gasteiger partial charge in [0.15, 0.2) is 11.9 Å². The minimum Gasteiger partial charge on any atom is -0.503 e. The van der Waals surface area contributed by atoms with E-state index in [1.807, 2.05) is 12.3 Å². The summed E-state index contributed by atoms with van der Waals surface area (Å²) in [5.41, 5.74) is 0. The Hall–Kier alpha value is -1.05. The maximum absolute atomic E-state index is 9.35. The van der Waals surface area contributed by atoms with Gasteiger partial charge in [-0.2, -0.15) is 0 Å². The van der Waals surface area contributed by atoms with E-state index in [-0.39, 0.29) is 0 Å². The summed E-state index contributed by atoms with van der Waals surface area (Å²) in [4.78, 5) is 0. The first-order valence-electron chi connectivity index (χ1n) is 8.01. The fourth-order valence-corrected chi connectivity index (χ4v) is 2.43. The van der Waals surface area contributed by atoms with Gasteiger partial charge < -0.3 is 5.11 Å². The summed E-state index contributed by atoms with van der Waals surface area (Å²) >= 11 is 0. The van der Waals surface area contributed by atoms with Gasteiger partial charge in [-0.25, -0.2) is 4.57 Å². The number of aromatic nitrogens is 1. The van der Waals surface area contributed by atoms with E-state index in [1.165, 1.54) is 64.2 Å². The molecule has 0 saturated heterocycles. The zero-order valence-electron chi connectivity index (χ0n) is 12.5. The molecule has 2 nitrogen and oxygen atoms in total. The van der Waals surface area contributed by atoms with Crippen molar-refractivity contribution in [2.75, 3.05) is 0 Å². The molecular formula is C17H30NO+. The number of aryl methyl sites for hydroxylation is 1. The summed E-state index contributed by atoms with van der Waals surface area (Å²) in [6.07, 6.45) is 17.5. The summed E-state index contributed by atoms with van der Waals surface area (Å²) in [7, 11) is 0. The van der Waals surface area contributed by atoms with Crippen LogP contribution in [0, 0.1) is 0 Å². The number of unbranched alkanes of at least 4 members (excludes halogenated alkanes) is 9. The third-order valence-electron chi connectivity index (χ3n) is 3.61. The molecule has 1 heterocycles. The maximum atomic E-state index is 9.35. The van der Waals surface area contributed by atoms with E-state index in [0.29, 0.717) is 5.75 Å². The van der Waals surface area contributed by atoms with Crippen molar-refractivity contribution in [2.24, 2.45) is 0 Å². The lowest BCUT2D eigenvalue weighted by Crippen LogP contribution is -2.32. The van der Waals surface area contributed by atoms with E-state index in [9.17, 15) is 5.11 Å². The SMILES string of the molecule is CCCCCCCCCCCC[n+]1cccc(O)c1. The molecule has 0 aliphatic carbocycles. The van der Waals surface area contributed by atoms with Gasteiger partial charge in [0.1, 0.15) is 6.54 Å². The van der Waals surface area contributed by atoms with E-state index < -0.39 is 0 Å². The van der Waals surface area contributed by atoms with Crippen LogP contribution in [0.25, 0.3) is 0 Å². The van der Waals surface area contributed by atoms with Crippen molar-refractivity contribution in [3.8, 4) is 5.75 Å². The molecule has 1 aromatic rings. The summed E-state index contributed by atoms with van der Waals surface area (Å²) in [5, 5.41) is 9.35. The molecule has 1 aromatic heterocycles. The van der Waals surface area contributed by atoms with Gasteiger partial charge >= 0.3 is 0 Å². The Labute approximate surface area is 118 Å².